The van der Waals surface area contributed by atoms with Crippen molar-refractivity contribution in [1.82, 2.24) is 9.55 Å². The molecule has 1 unspecified atom stereocenters. The molecule has 2 aliphatic rings. The number of nitrogens with one attached hydrogen (secondary N) is 1. The first-order valence-electron chi connectivity index (χ1n) is 14.4. The lowest BCUT2D eigenvalue weighted by atomic mass is 9.86. The summed E-state index contributed by atoms with van der Waals surface area (Å²) in [5, 5.41) is 24.8. The number of benzene rings is 4. The number of aliphatic hydroxyl groups is 1. The second kappa shape index (κ2) is 9.18. The van der Waals surface area contributed by atoms with Gasteiger partial charge in [-0.05, 0) is 81.4 Å². The quantitative estimate of drug-likeness (QED) is 0.155. The van der Waals surface area contributed by atoms with Crippen molar-refractivity contribution < 1.29 is 14.6 Å². The third-order valence-corrected chi connectivity index (χ3v) is 9.15. The Morgan fingerprint density at radius 3 is 2.49 bits per heavy atom. The fraction of sp³-hybridized carbons (Fsp3) is 0.167. The number of ether oxygens (including phenoxy) is 1. The molecule has 7 heteroatoms. The molecule has 4 heterocycles. The second-order valence-corrected chi connectivity index (χ2v) is 11.5. The van der Waals surface area contributed by atoms with E-state index in [-0.39, 0.29) is 18.6 Å². The van der Waals surface area contributed by atoms with Crippen molar-refractivity contribution >= 4 is 44.6 Å². The van der Waals surface area contributed by atoms with Crippen molar-refractivity contribution in [3.63, 3.8) is 0 Å². The van der Waals surface area contributed by atoms with Crippen molar-refractivity contribution in [2.75, 3.05) is 0 Å². The summed E-state index contributed by atoms with van der Waals surface area (Å²) in [5.74, 6) is -0.736. The number of nitrogens with zero attached hydrogens (tertiary/aromatic N) is 2. The first-order chi connectivity index (χ1) is 20.9. The fourth-order valence-corrected chi connectivity index (χ4v) is 6.77. The zero-order valence-electron chi connectivity index (χ0n) is 23.5. The lowest BCUT2D eigenvalue weighted by molar-refractivity contribution is -0.172. The van der Waals surface area contributed by atoms with E-state index in [4.69, 9.17) is 15.1 Å². The molecule has 0 spiro atoms. The smallest absolute Gasteiger partial charge is 0.343 e. The molecule has 2 aliphatic heterocycles. The van der Waals surface area contributed by atoms with Gasteiger partial charge in [-0.1, -0.05) is 55.5 Å². The zero-order chi connectivity index (χ0) is 29.5. The van der Waals surface area contributed by atoms with Gasteiger partial charge >= 0.3 is 5.97 Å². The highest BCUT2D eigenvalue weighted by Crippen LogP contribution is 2.41. The molecule has 0 aliphatic carbocycles. The molecule has 210 valence electrons. The predicted octanol–water partition coefficient (Wildman–Crippen LogP) is 5.97. The molecule has 7 nitrogen and oxygen atoms in total. The van der Waals surface area contributed by atoms with Crippen molar-refractivity contribution in [3.05, 3.63) is 123 Å². The Morgan fingerprint density at radius 1 is 0.953 bits per heavy atom. The number of esters is 1. The summed E-state index contributed by atoms with van der Waals surface area (Å²) in [6.07, 6.45) is 2.02. The Balaban J connectivity index is 1.34. The highest BCUT2D eigenvalue weighted by atomic mass is 16.6. The average Bonchev–Trinajstić information content (AvgIpc) is 3.40. The molecule has 43 heavy (non-hydrogen) atoms. The van der Waals surface area contributed by atoms with E-state index in [0.717, 1.165) is 38.5 Å². The van der Waals surface area contributed by atoms with Crippen molar-refractivity contribution in [2.24, 2.45) is 0 Å². The van der Waals surface area contributed by atoms with Crippen molar-refractivity contribution in [2.45, 2.75) is 38.5 Å². The Morgan fingerprint density at radius 2 is 1.72 bits per heavy atom. The standard InChI is InChI=1S/C36H27N3O4/c1-2-36(42)30-16-32-33-28(18-39(32)34(40)29(30)19-43-35(36)41)26(27-13-21(17-37)8-10-31(27)38-33)12-20-7-9-24-14-22-5-3-4-6-23(22)15-25(24)11-20/h3-11,13-17,37,42H,2,12,18-19H2,1H3. The van der Waals surface area contributed by atoms with E-state index in [9.17, 15) is 14.7 Å². The molecule has 2 N–H and O–H groups in total. The SMILES string of the molecule is CCC1(O)C(=O)OCc2c1cc1n(c2=O)Cc2c-1nc1ccc(C=N)cc1c2Cc1ccc2cc3ccccc3cc2c1. The summed E-state index contributed by atoms with van der Waals surface area (Å²) < 4.78 is 6.92. The van der Waals surface area contributed by atoms with Crippen molar-refractivity contribution in [3.8, 4) is 11.4 Å². The van der Waals surface area contributed by atoms with E-state index in [2.05, 4.69) is 42.5 Å². The molecule has 0 fully saturated rings. The fourth-order valence-electron chi connectivity index (χ4n) is 6.77. The molecular weight excluding hydrogens is 538 g/mol. The van der Waals surface area contributed by atoms with Crippen molar-refractivity contribution in [1.29, 1.82) is 5.41 Å². The number of pyridine rings is 2. The summed E-state index contributed by atoms with van der Waals surface area (Å²) in [5.41, 5.74) is 4.35. The first kappa shape index (κ1) is 25.6. The molecule has 0 saturated heterocycles. The van der Waals surface area contributed by atoms with Crippen LogP contribution in [0.1, 0.15) is 46.7 Å². The van der Waals surface area contributed by atoms with Gasteiger partial charge in [-0.25, -0.2) is 9.78 Å². The molecular formula is C36H27N3O4. The maximum absolute atomic E-state index is 13.8. The van der Waals surface area contributed by atoms with Gasteiger partial charge in [0.1, 0.15) is 6.61 Å². The average molecular weight is 566 g/mol. The largest absolute Gasteiger partial charge is 0.458 e. The maximum atomic E-state index is 13.8. The topological polar surface area (TPSA) is 105 Å². The molecule has 8 rings (SSSR count). The lowest BCUT2D eigenvalue weighted by Crippen LogP contribution is -2.44. The van der Waals surface area contributed by atoms with Crippen LogP contribution in [0, 0.1) is 5.41 Å². The Hall–Kier alpha value is -5.14. The van der Waals surface area contributed by atoms with Crippen LogP contribution in [0.15, 0.2) is 83.7 Å². The lowest BCUT2D eigenvalue weighted by Gasteiger charge is -2.31. The Labute approximate surface area is 246 Å². The molecule has 0 bridgehead atoms. The van der Waals surface area contributed by atoms with E-state index >= 15 is 0 Å². The summed E-state index contributed by atoms with van der Waals surface area (Å²) in [6, 6.07) is 26.8. The number of carbonyl (C=O) groups is 1. The van der Waals surface area contributed by atoms with E-state index in [1.54, 1.807) is 17.6 Å². The van der Waals surface area contributed by atoms with Gasteiger partial charge in [0.25, 0.3) is 5.56 Å². The maximum Gasteiger partial charge on any atom is 0.343 e. The van der Waals surface area contributed by atoms with Gasteiger partial charge in [-0.3, -0.25) is 4.79 Å². The molecule has 2 aromatic heterocycles. The van der Waals surface area contributed by atoms with Crippen LogP contribution in [0.4, 0.5) is 0 Å². The third kappa shape index (κ3) is 3.71. The molecule has 1 atom stereocenters. The van der Waals surface area contributed by atoms with Crippen LogP contribution in [0.2, 0.25) is 0 Å². The molecule has 6 aromatic rings. The minimum Gasteiger partial charge on any atom is -0.458 e. The van der Waals surface area contributed by atoms with Gasteiger partial charge in [-0.2, -0.15) is 0 Å². The monoisotopic (exact) mass is 565 g/mol. The normalized spacial score (nSPS) is 17.1. The Kier molecular flexibility index (Phi) is 5.46. The number of fused-ring (bicyclic) bond motifs is 7. The number of carbonyl (C=O) groups excluding carboxylic acids is 1. The highest BCUT2D eigenvalue weighted by Gasteiger charge is 2.45. The zero-order valence-corrected chi connectivity index (χ0v) is 23.5. The van der Waals surface area contributed by atoms with Gasteiger partial charge < -0.3 is 19.8 Å². The van der Waals surface area contributed by atoms with Gasteiger partial charge in [0, 0.05) is 22.7 Å². The summed E-state index contributed by atoms with van der Waals surface area (Å²) >= 11 is 0. The van der Waals surface area contributed by atoms with Crippen LogP contribution in [-0.4, -0.2) is 26.8 Å². The minimum absolute atomic E-state index is 0.0919. The summed E-state index contributed by atoms with van der Waals surface area (Å²) in [4.78, 5) is 31.4. The Bertz CT molecular complexity index is 2270. The first-order valence-corrected chi connectivity index (χ1v) is 14.4. The van der Waals surface area contributed by atoms with Crippen LogP contribution in [0.25, 0.3) is 43.8 Å². The van der Waals surface area contributed by atoms with Gasteiger partial charge in [-0.15, -0.1) is 0 Å². The molecule has 0 amide bonds. The van der Waals surface area contributed by atoms with Crippen LogP contribution >= 0.6 is 0 Å². The number of cyclic esters (lactones) is 1. The van der Waals surface area contributed by atoms with Gasteiger partial charge in [0.05, 0.1) is 29.0 Å². The van der Waals surface area contributed by atoms with Gasteiger partial charge in [0.2, 0.25) is 0 Å². The molecule has 0 radical (unpaired) electrons. The summed E-state index contributed by atoms with van der Waals surface area (Å²) in [6.45, 7) is 1.86. The number of hydrogen-bond donors (Lipinski definition) is 2. The van der Waals surface area contributed by atoms with Crippen LogP contribution < -0.4 is 5.56 Å². The van der Waals surface area contributed by atoms with E-state index in [0.29, 0.717) is 35.5 Å². The third-order valence-electron chi connectivity index (χ3n) is 9.15. The predicted molar refractivity (Wildman–Crippen MR) is 167 cm³/mol. The van der Waals surface area contributed by atoms with Gasteiger partial charge in [0.15, 0.2) is 5.60 Å². The molecule has 4 aromatic carbocycles. The highest BCUT2D eigenvalue weighted by molar-refractivity contribution is 5.99. The second-order valence-electron chi connectivity index (χ2n) is 11.5. The van der Waals surface area contributed by atoms with Crippen LogP contribution in [-0.2, 0) is 34.7 Å². The van der Waals surface area contributed by atoms with Crippen LogP contribution in [0.5, 0.6) is 0 Å². The van der Waals surface area contributed by atoms with Crippen LogP contribution in [0.3, 0.4) is 0 Å². The van der Waals surface area contributed by atoms with E-state index < -0.39 is 11.6 Å². The number of aromatic nitrogens is 2. The summed E-state index contributed by atoms with van der Waals surface area (Å²) in [7, 11) is 0. The number of rotatable bonds is 4. The number of hydrogen-bond acceptors (Lipinski definition) is 6. The minimum atomic E-state index is -1.88. The van der Waals surface area contributed by atoms with E-state index in [1.165, 1.54) is 22.4 Å². The van der Waals surface area contributed by atoms with E-state index in [1.807, 2.05) is 30.3 Å². The molecule has 0 saturated carbocycles.